The molecule has 2 amide bonds. The van der Waals surface area contributed by atoms with Crippen LogP contribution < -0.4 is 27.1 Å². The highest BCUT2D eigenvalue weighted by molar-refractivity contribution is 8.00. The van der Waals surface area contributed by atoms with Gasteiger partial charge in [-0.1, -0.05) is 28.1 Å². The highest BCUT2D eigenvalue weighted by atomic mass is 35.5. The zero-order valence-electron chi connectivity index (χ0n) is 20.0. The van der Waals surface area contributed by atoms with E-state index in [0.29, 0.717) is 16.9 Å². The largest absolute Gasteiger partial charge is 0.478 e. The van der Waals surface area contributed by atoms with Gasteiger partial charge in [0.15, 0.2) is 29.8 Å². The minimum atomic E-state index is -1.41. The van der Waals surface area contributed by atoms with Gasteiger partial charge >= 0.3 is 11.9 Å². The van der Waals surface area contributed by atoms with Crippen molar-refractivity contribution in [3.05, 3.63) is 39.8 Å². The lowest BCUT2D eigenvalue weighted by molar-refractivity contribution is -0.688. The number of carbonyl (C=O) groups is 4. The molecule has 15 nitrogen and oxygen atoms in total. The molecule has 2 aromatic rings. The van der Waals surface area contributed by atoms with Crippen molar-refractivity contribution in [1.29, 1.82) is 0 Å². The molecular weight excluding hydrogens is 576 g/mol. The van der Waals surface area contributed by atoms with Crippen LogP contribution in [0.1, 0.15) is 12.6 Å². The molecule has 1 saturated heterocycles. The summed E-state index contributed by atoms with van der Waals surface area (Å²) in [6.07, 6.45) is 1.79. The number of anilines is 3. The van der Waals surface area contributed by atoms with Gasteiger partial charge in [0.2, 0.25) is 6.10 Å². The molecule has 2 aromatic heterocycles. The Bertz CT molecular complexity index is 1450. The number of amides is 2. The Morgan fingerprint density at radius 1 is 1.33 bits per heavy atom. The molecule has 2 unspecified atom stereocenters. The molecule has 4 rings (SSSR count). The second-order valence-electron chi connectivity index (χ2n) is 8.35. The maximum absolute atomic E-state index is 13.2. The van der Waals surface area contributed by atoms with Crippen LogP contribution in [0.15, 0.2) is 34.9 Å². The van der Waals surface area contributed by atoms with Crippen molar-refractivity contribution in [2.45, 2.75) is 31.0 Å². The van der Waals surface area contributed by atoms with Gasteiger partial charge in [-0.25, -0.2) is 14.6 Å². The summed E-state index contributed by atoms with van der Waals surface area (Å²) in [5.74, 6) is -4.01. The molecule has 0 spiro atoms. The van der Waals surface area contributed by atoms with Crippen LogP contribution in [-0.2, 0) is 30.6 Å². The number of thiazole rings is 1. The predicted molar refractivity (Wildman–Crippen MR) is 141 cm³/mol. The molecular formula is C21H22ClN8O7S2+. The van der Waals surface area contributed by atoms with Crippen molar-refractivity contribution < 1.29 is 38.8 Å². The zero-order chi connectivity index (χ0) is 28.6. The summed E-state index contributed by atoms with van der Waals surface area (Å²) in [6.45, 7) is 1.34. The lowest BCUT2D eigenvalue weighted by Gasteiger charge is -2.49. The summed E-state index contributed by atoms with van der Waals surface area (Å²) in [6, 6.07) is 0.465. The maximum atomic E-state index is 13.2. The molecule has 1 fully saturated rings. The van der Waals surface area contributed by atoms with Crippen molar-refractivity contribution in [3.8, 4) is 0 Å². The fourth-order valence-electron chi connectivity index (χ4n) is 3.73. The maximum Gasteiger partial charge on any atom is 0.352 e. The van der Waals surface area contributed by atoms with E-state index in [1.807, 2.05) is 0 Å². The van der Waals surface area contributed by atoms with Crippen molar-refractivity contribution in [2.75, 3.05) is 23.0 Å². The molecule has 206 valence electrons. The minimum Gasteiger partial charge on any atom is -0.478 e. The number of nitrogen functional groups attached to an aromatic ring is 3. The van der Waals surface area contributed by atoms with Crippen LogP contribution in [0.25, 0.3) is 0 Å². The summed E-state index contributed by atoms with van der Waals surface area (Å²) in [5.41, 5.74) is 17.5. The fraction of sp³-hybridized carbons (Fsp3) is 0.286. The number of hydrogen-bond donors (Lipinski definition) is 6. The molecule has 0 bridgehead atoms. The predicted octanol–water partition coefficient (Wildman–Crippen LogP) is -0.537. The highest BCUT2D eigenvalue weighted by Crippen LogP contribution is 2.40. The topological polar surface area (TPSA) is 240 Å². The monoisotopic (exact) mass is 597 g/mol. The number of aliphatic carboxylic acids is 2. The number of fused-ring (bicyclic) bond motifs is 1. The number of carbonyl (C=O) groups excluding carboxylic acids is 2. The molecule has 4 heterocycles. The number of carboxylic acids is 2. The molecule has 9 N–H and O–H groups in total. The lowest BCUT2D eigenvalue weighted by Crippen LogP contribution is -2.71. The number of halogens is 1. The number of pyridine rings is 1. The average Bonchev–Trinajstić information content (AvgIpc) is 3.21. The van der Waals surface area contributed by atoms with Gasteiger partial charge in [0, 0.05) is 17.4 Å². The van der Waals surface area contributed by atoms with Crippen LogP contribution in [-0.4, -0.2) is 72.8 Å². The van der Waals surface area contributed by atoms with E-state index in [2.05, 4.69) is 15.5 Å². The first-order valence-electron chi connectivity index (χ1n) is 11.0. The molecule has 0 radical (unpaired) electrons. The van der Waals surface area contributed by atoms with E-state index in [4.69, 9.17) is 38.7 Å². The van der Waals surface area contributed by atoms with Gasteiger partial charge in [0.25, 0.3) is 11.8 Å². The Labute approximate surface area is 233 Å². The molecule has 39 heavy (non-hydrogen) atoms. The second-order valence-corrected chi connectivity index (χ2v) is 11.1. The van der Waals surface area contributed by atoms with Crippen LogP contribution in [0.4, 0.5) is 16.5 Å². The number of aromatic nitrogens is 2. The standard InChI is InChI=1S/C21H21ClN8O7S2/c1-7(19(33)34)37-28-12(11-15(22)39-21(25)27-11)16(31)26-13-17(32)30-14(20(35)36)8(6-38-18(13)30)4-29-3-2-9(23)10(24)5-29/h2-3,5,7,13,18,23H,4,6,24H2,1H3,(H5,25,26,27,31,33,34,35,36)/p+1/b28-12-/t7-,13?,18?/m0/s1. The van der Waals surface area contributed by atoms with Crippen LogP contribution >= 0.6 is 34.7 Å². The van der Waals surface area contributed by atoms with Gasteiger partial charge in [-0.05, 0) is 6.92 Å². The SMILES string of the molecule is C[C@H](O/N=C(\C(=O)NC1C(=O)N2C(C(=O)O)=C(C[n+]3ccc(N)c(N)c3)CSC12)c1nc(N)sc1Cl)C(=O)O. The Morgan fingerprint density at radius 2 is 2.05 bits per heavy atom. The Morgan fingerprint density at radius 3 is 2.64 bits per heavy atom. The van der Waals surface area contributed by atoms with Crippen LogP contribution in [0.5, 0.6) is 0 Å². The first-order valence-corrected chi connectivity index (χ1v) is 13.3. The van der Waals surface area contributed by atoms with Gasteiger partial charge in [-0.2, -0.15) is 4.57 Å². The molecule has 3 atom stereocenters. The quantitative estimate of drug-likeness (QED) is 0.0924. The molecule has 0 aromatic carbocycles. The highest BCUT2D eigenvalue weighted by Gasteiger charge is 2.55. The number of thioether (sulfide) groups is 1. The normalized spacial score (nSPS) is 19.7. The molecule has 2 aliphatic heterocycles. The van der Waals surface area contributed by atoms with E-state index in [-0.39, 0.29) is 33.2 Å². The van der Waals surface area contributed by atoms with E-state index in [0.717, 1.165) is 16.2 Å². The van der Waals surface area contributed by atoms with E-state index in [1.165, 1.54) is 18.7 Å². The summed E-state index contributed by atoms with van der Waals surface area (Å²) >= 11 is 8.22. The summed E-state index contributed by atoms with van der Waals surface area (Å²) in [5, 5.41) is 24.4. The number of nitrogens with one attached hydrogen (secondary N) is 1. The number of rotatable bonds is 9. The molecule has 18 heteroatoms. The Kier molecular flexibility index (Phi) is 7.84. The summed E-state index contributed by atoms with van der Waals surface area (Å²) < 4.78 is 1.64. The van der Waals surface area contributed by atoms with Crippen LogP contribution in [0.2, 0.25) is 4.34 Å². The Balaban J connectivity index is 1.56. The van der Waals surface area contributed by atoms with Gasteiger partial charge in [0.1, 0.15) is 32.8 Å². The first kappa shape index (κ1) is 27.9. The number of nitrogens with zero attached hydrogens (tertiary/aromatic N) is 4. The first-order chi connectivity index (χ1) is 18.4. The number of β-lactam (4-membered cyclic amide) rings is 1. The minimum absolute atomic E-state index is 0.0110. The Hall–Kier alpha value is -4.09. The molecule has 2 aliphatic rings. The molecule has 0 saturated carbocycles. The van der Waals surface area contributed by atoms with Crippen molar-refractivity contribution >= 4 is 80.7 Å². The van der Waals surface area contributed by atoms with Gasteiger partial charge < -0.3 is 37.6 Å². The number of oxime groups is 1. The van der Waals surface area contributed by atoms with Gasteiger partial charge in [0.05, 0.1) is 5.69 Å². The van der Waals surface area contributed by atoms with Crippen molar-refractivity contribution in [2.24, 2.45) is 5.16 Å². The smallest absolute Gasteiger partial charge is 0.352 e. The van der Waals surface area contributed by atoms with E-state index in [1.54, 1.807) is 23.0 Å². The fourth-order valence-corrected chi connectivity index (χ4v) is 6.00. The molecule has 0 aliphatic carbocycles. The van der Waals surface area contributed by atoms with E-state index < -0.39 is 47.0 Å². The number of nitrogens with two attached hydrogens (primary N) is 3. The summed E-state index contributed by atoms with van der Waals surface area (Å²) in [7, 11) is 0. The lowest BCUT2D eigenvalue weighted by atomic mass is 10.0. The van der Waals surface area contributed by atoms with Crippen molar-refractivity contribution in [1.82, 2.24) is 15.2 Å². The van der Waals surface area contributed by atoms with Crippen molar-refractivity contribution in [3.63, 3.8) is 0 Å². The third-order valence-corrected chi connectivity index (χ3v) is 8.11. The third-order valence-electron chi connectivity index (χ3n) is 5.69. The second kappa shape index (κ2) is 11.0. The van der Waals surface area contributed by atoms with E-state index >= 15 is 0 Å². The van der Waals surface area contributed by atoms with E-state index in [9.17, 15) is 24.3 Å². The summed E-state index contributed by atoms with van der Waals surface area (Å²) in [4.78, 5) is 59.4. The number of hydrogen-bond acceptors (Lipinski definition) is 12. The zero-order valence-corrected chi connectivity index (χ0v) is 22.4. The third kappa shape index (κ3) is 5.55. The number of carboxylic acid groups (broad SMARTS) is 2. The van der Waals surface area contributed by atoms with Gasteiger partial charge in [-0.3, -0.25) is 14.5 Å². The average molecular weight is 598 g/mol. The van der Waals surface area contributed by atoms with Gasteiger partial charge in [-0.15, -0.1) is 11.8 Å². The van der Waals surface area contributed by atoms with Crippen LogP contribution in [0, 0.1) is 0 Å². The van der Waals surface area contributed by atoms with Crippen LogP contribution in [0.3, 0.4) is 0 Å².